The number of imidazole rings is 1. The van der Waals surface area contributed by atoms with Crippen molar-refractivity contribution in [2.45, 2.75) is 45.3 Å². The van der Waals surface area contributed by atoms with Gasteiger partial charge in [0.15, 0.2) is 0 Å². The van der Waals surface area contributed by atoms with Crippen molar-refractivity contribution in [3.8, 4) is 11.5 Å². The Kier molecular flexibility index (Phi) is 4.01. The van der Waals surface area contributed by atoms with Crippen LogP contribution in [0.2, 0.25) is 0 Å². The first kappa shape index (κ1) is 17.1. The summed E-state index contributed by atoms with van der Waals surface area (Å²) >= 11 is 0. The standard InChI is InChI=1S/C20H21N5O3/c1-3-12(2)25-14-8-5-4-7-13(14)24-11-21-16(17(24)20(25)26)18-22-19(28-23-18)15-9-6-10-27-15/h4-5,7-8,11-12,15H,3,6,9-10H2,1-2H3. The van der Waals surface area contributed by atoms with Crippen molar-refractivity contribution < 1.29 is 9.26 Å². The maximum atomic E-state index is 13.5. The fraction of sp³-hybridized carbons (Fsp3) is 0.400. The minimum absolute atomic E-state index is 0.0536. The SMILES string of the molecule is CCC(C)n1c(=O)c2c(-c3noc(C4CCCO4)n3)ncn2c2ccccc21. The Labute approximate surface area is 160 Å². The lowest BCUT2D eigenvalue weighted by Crippen LogP contribution is -2.25. The van der Waals surface area contributed by atoms with Crippen molar-refractivity contribution >= 4 is 16.6 Å². The molecule has 0 aliphatic carbocycles. The Balaban J connectivity index is 1.76. The lowest BCUT2D eigenvalue weighted by atomic mass is 10.2. The Morgan fingerprint density at radius 2 is 2.11 bits per heavy atom. The van der Waals surface area contributed by atoms with Gasteiger partial charge < -0.3 is 13.8 Å². The number of aromatic nitrogens is 5. The first-order valence-corrected chi connectivity index (χ1v) is 9.65. The van der Waals surface area contributed by atoms with Crippen LogP contribution < -0.4 is 5.56 Å². The number of ether oxygens (including phenoxy) is 1. The Bertz CT molecular complexity index is 1220. The molecule has 0 spiro atoms. The molecule has 0 N–H and O–H groups in total. The molecule has 1 aliphatic heterocycles. The topological polar surface area (TPSA) is 87.5 Å². The van der Waals surface area contributed by atoms with Gasteiger partial charge in [0.1, 0.15) is 23.6 Å². The van der Waals surface area contributed by atoms with Crippen molar-refractivity contribution in [1.29, 1.82) is 0 Å². The van der Waals surface area contributed by atoms with Crippen molar-refractivity contribution in [2.24, 2.45) is 0 Å². The molecular weight excluding hydrogens is 358 g/mol. The van der Waals surface area contributed by atoms with E-state index in [1.54, 1.807) is 6.33 Å². The van der Waals surface area contributed by atoms with Crippen LogP contribution in [0.1, 0.15) is 51.1 Å². The molecule has 8 heteroatoms. The Morgan fingerprint density at radius 1 is 1.29 bits per heavy atom. The summed E-state index contributed by atoms with van der Waals surface area (Å²) in [5.41, 5.74) is 2.58. The molecule has 4 heterocycles. The summed E-state index contributed by atoms with van der Waals surface area (Å²) in [6.45, 7) is 4.81. The van der Waals surface area contributed by atoms with Gasteiger partial charge in [-0.05, 0) is 38.3 Å². The number of rotatable bonds is 4. The summed E-state index contributed by atoms with van der Waals surface area (Å²) in [7, 11) is 0. The van der Waals surface area contributed by atoms with Crippen LogP contribution in [0.5, 0.6) is 0 Å². The summed E-state index contributed by atoms with van der Waals surface area (Å²) in [4.78, 5) is 22.4. The second-order valence-corrected chi connectivity index (χ2v) is 7.19. The molecule has 0 saturated carbocycles. The molecule has 28 heavy (non-hydrogen) atoms. The molecule has 4 aromatic rings. The predicted molar refractivity (Wildman–Crippen MR) is 103 cm³/mol. The van der Waals surface area contributed by atoms with E-state index in [9.17, 15) is 4.79 Å². The quantitative estimate of drug-likeness (QED) is 0.539. The van der Waals surface area contributed by atoms with Gasteiger partial charge in [-0.25, -0.2) is 4.98 Å². The van der Waals surface area contributed by atoms with Gasteiger partial charge in [-0.2, -0.15) is 4.98 Å². The van der Waals surface area contributed by atoms with Gasteiger partial charge in [0.25, 0.3) is 11.4 Å². The summed E-state index contributed by atoms with van der Waals surface area (Å²) in [5, 5.41) is 4.08. The number of para-hydroxylation sites is 2. The molecule has 2 unspecified atom stereocenters. The molecular formula is C20H21N5O3. The van der Waals surface area contributed by atoms with Crippen LogP contribution in [-0.2, 0) is 4.74 Å². The highest BCUT2D eigenvalue weighted by Crippen LogP contribution is 2.30. The van der Waals surface area contributed by atoms with Crippen molar-refractivity contribution in [3.63, 3.8) is 0 Å². The van der Waals surface area contributed by atoms with Gasteiger partial charge in [-0.3, -0.25) is 9.20 Å². The highest BCUT2D eigenvalue weighted by molar-refractivity contribution is 5.83. The lowest BCUT2D eigenvalue weighted by molar-refractivity contribution is 0.0835. The van der Waals surface area contributed by atoms with E-state index in [1.165, 1.54) is 0 Å². The molecule has 1 aliphatic rings. The molecule has 0 bridgehead atoms. The third kappa shape index (κ3) is 2.48. The van der Waals surface area contributed by atoms with E-state index < -0.39 is 0 Å². The van der Waals surface area contributed by atoms with E-state index in [2.05, 4.69) is 22.0 Å². The van der Waals surface area contributed by atoms with E-state index in [-0.39, 0.29) is 17.7 Å². The van der Waals surface area contributed by atoms with E-state index in [0.717, 1.165) is 30.3 Å². The number of fused-ring (bicyclic) bond motifs is 3. The predicted octanol–water partition coefficient (Wildman–Crippen LogP) is 3.52. The van der Waals surface area contributed by atoms with Crippen LogP contribution in [0, 0.1) is 0 Å². The van der Waals surface area contributed by atoms with Gasteiger partial charge in [0.05, 0.1) is 11.0 Å². The first-order chi connectivity index (χ1) is 13.7. The number of hydrogen-bond donors (Lipinski definition) is 0. The molecule has 1 fully saturated rings. The zero-order valence-corrected chi connectivity index (χ0v) is 15.8. The van der Waals surface area contributed by atoms with Gasteiger partial charge in [0.2, 0.25) is 5.82 Å². The molecule has 1 saturated heterocycles. The maximum absolute atomic E-state index is 13.5. The average molecular weight is 379 g/mol. The summed E-state index contributed by atoms with van der Waals surface area (Å²) in [6, 6.07) is 7.90. The number of hydrogen-bond acceptors (Lipinski definition) is 6. The second-order valence-electron chi connectivity index (χ2n) is 7.19. The zero-order valence-electron chi connectivity index (χ0n) is 15.8. The largest absolute Gasteiger partial charge is 0.368 e. The third-order valence-corrected chi connectivity index (χ3v) is 5.48. The second kappa shape index (κ2) is 6.56. The zero-order chi connectivity index (χ0) is 19.3. The monoisotopic (exact) mass is 379 g/mol. The van der Waals surface area contributed by atoms with Crippen LogP contribution in [0.15, 0.2) is 39.9 Å². The van der Waals surface area contributed by atoms with Crippen LogP contribution in [0.25, 0.3) is 28.1 Å². The molecule has 2 atom stereocenters. The fourth-order valence-corrected chi connectivity index (χ4v) is 3.85. The molecule has 0 amide bonds. The third-order valence-electron chi connectivity index (χ3n) is 5.48. The van der Waals surface area contributed by atoms with E-state index >= 15 is 0 Å². The van der Waals surface area contributed by atoms with E-state index in [4.69, 9.17) is 9.26 Å². The number of benzene rings is 1. The summed E-state index contributed by atoms with van der Waals surface area (Å²) < 4.78 is 14.7. The summed E-state index contributed by atoms with van der Waals surface area (Å²) in [5.74, 6) is 0.757. The fourth-order valence-electron chi connectivity index (χ4n) is 3.85. The van der Waals surface area contributed by atoms with Gasteiger partial charge >= 0.3 is 0 Å². The minimum Gasteiger partial charge on any atom is -0.368 e. The highest BCUT2D eigenvalue weighted by Gasteiger charge is 2.26. The summed E-state index contributed by atoms with van der Waals surface area (Å²) in [6.07, 6.45) is 4.15. The molecule has 3 aromatic heterocycles. The van der Waals surface area contributed by atoms with Crippen LogP contribution in [-0.4, -0.2) is 30.7 Å². The van der Waals surface area contributed by atoms with Crippen molar-refractivity contribution in [2.75, 3.05) is 6.61 Å². The van der Waals surface area contributed by atoms with E-state index in [0.29, 0.717) is 29.5 Å². The van der Waals surface area contributed by atoms with Crippen LogP contribution >= 0.6 is 0 Å². The Hall–Kier alpha value is -3.00. The smallest absolute Gasteiger partial charge is 0.278 e. The van der Waals surface area contributed by atoms with Gasteiger partial charge in [0, 0.05) is 12.6 Å². The normalized spacial score (nSPS) is 18.3. The first-order valence-electron chi connectivity index (χ1n) is 9.65. The molecule has 144 valence electrons. The molecule has 8 nitrogen and oxygen atoms in total. The maximum Gasteiger partial charge on any atom is 0.278 e. The molecule has 0 radical (unpaired) electrons. The van der Waals surface area contributed by atoms with Crippen molar-refractivity contribution in [1.82, 2.24) is 24.1 Å². The average Bonchev–Trinajstić information content (AvgIpc) is 3.47. The Morgan fingerprint density at radius 3 is 2.86 bits per heavy atom. The van der Waals surface area contributed by atoms with Crippen LogP contribution in [0.3, 0.4) is 0 Å². The van der Waals surface area contributed by atoms with E-state index in [1.807, 2.05) is 40.2 Å². The lowest BCUT2D eigenvalue weighted by Gasteiger charge is -2.17. The molecule has 5 rings (SSSR count). The van der Waals surface area contributed by atoms with Gasteiger partial charge in [-0.1, -0.05) is 24.2 Å². The van der Waals surface area contributed by atoms with Gasteiger partial charge in [-0.15, -0.1) is 0 Å². The van der Waals surface area contributed by atoms with Crippen LogP contribution in [0.4, 0.5) is 0 Å². The molecule has 1 aromatic carbocycles. The minimum atomic E-state index is -0.173. The highest BCUT2D eigenvalue weighted by atomic mass is 16.5. The van der Waals surface area contributed by atoms with Crippen molar-refractivity contribution in [3.05, 3.63) is 46.8 Å². The number of nitrogens with zero attached hydrogens (tertiary/aromatic N) is 5.